The van der Waals surface area contributed by atoms with Crippen LogP contribution in [0.25, 0.3) is 4.85 Å². The Balaban J connectivity index is 2.28. The van der Waals surface area contributed by atoms with Gasteiger partial charge in [0.15, 0.2) is 5.69 Å². The zero-order valence-corrected chi connectivity index (χ0v) is 9.55. The van der Waals surface area contributed by atoms with Crippen molar-refractivity contribution >= 4 is 23.0 Å². The third-order valence-electron chi connectivity index (χ3n) is 2.47. The molecule has 0 aliphatic carbocycles. The van der Waals surface area contributed by atoms with Crippen LogP contribution < -0.4 is 11.1 Å². The number of carbonyl (C=O) groups excluding carboxylic acids is 1. The lowest BCUT2D eigenvalue weighted by atomic mass is 10.1. The minimum atomic E-state index is -0.476. The fourth-order valence-electron chi connectivity index (χ4n) is 1.58. The number of anilines is 2. The minimum absolute atomic E-state index is 0.437. The van der Waals surface area contributed by atoms with Crippen molar-refractivity contribution in [2.75, 3.05) is 5.32 Å². The Morgan fingerprint density at radius 2 is 1.78 bits per heavy atom. The molecule has 0 aliphatic heterocycles. The Morgan fingerprint density at radius 3 is 2.39 bits per heavy atom. The Bertz CT molecular complexity index is 612. The molecule has 0 aromatic heterocycles. The van der Waals surface area contributed by atoms with Gasteiger partial charge in [0.1, 0.15) is 0 Å². The second-order valence-corrected chi connectivity index (χ2v) is 3.69. The first kappa shape index (κ1) is 11.7. The van der Waals surface area contributed by atoms with E-state index in [0.717, 1.165) is 5.69 Å². The van der Waals surface area contributed by atoms with Gasteiger partial charge in [-0.3, -0.25) is 4.79 Å². The maximum absolute atomic E-state index is 11.3. The fourth-order valence-corrected chi connectivity index (χ4v) is 1.58. The molecule has 4 heteroatoms. The van der Waals surface area contributed by atoms with Gasteiger partial charge in [-0.25, -0.2) is 4.85 Å². The molecule has 0 aliphatic rings. The number of rotatable bonds is 3. The van der Waals surface area contributed by atoms with Crippen molar-refractivity contribution in [3.63, 3.8) is 0 Å². The molecule has 0 bridgehead atoms. The summed E-state index contributed by atoms with van der Waals surface area (Å²) in [7, 11) is 0. The molecular formula is C14H11N3O. The molecule has 0 saturated carbocycles. The summed E-state index contributed by atoms with van der Waals surface area (Å²) in [4.78, 5) is 14.6. The van der Waals surface area contributed by atoms with Crippen molar-refractivity contribution in [2.45, 2.75) is 0 Å². The van der Waals surface area contributed by atoms with Crippen molar-refractivity contribution in [3.05, 3.63) is 65.5 Å². The van der Waals surface area contributed by atoms with Gasteiger partial charge in [-0.05, 0) is 24.3 Å². The van der Waals surface area contributed by atoms with Gasteiger partial charge in [-0.2, -0.15) is 0 Å². The van der Waals surface area contributed by atoms with E-state index < -0.39 is 5.91 Å². The first-order valence-corrected chi connectivity index (χ1v) is 5.34. The zero-order valence-electron chi connectivity index (χ0n) is 9.55. The molecule has 0 radical (unpaired) electrons. The van der Waals surface area contributed by atoms with Crippen LogP contribution in [0.5, 0.6) is 0 Å². The third-order valence-corrected chi connectivity index (χ3v) is 2.47. The van der Waals surface area contributed by atoms with E-state index in [2.05, 4.69) is 10.2 Å². The summed E-state index contributed by atoms with van der Waals surface area (Å²) in [5.41, 5.74) is 7.76. The van der Waals surface area contributed by atoms with Crippen LogP contribution in [0.1, 0.15) is 10.4 Å². The SMILES string of the molecule is [C-]#[N+]c1ccc(Nc2ccccc2C(N)=O)cc1. The van der Waals surface area contributed by atoms with Gasteiger partial charge in [0.2, 0.25) is 0 Å². The average molecular weight is 237 g/mol. The number of nitrogens with one attached hydrogen (secondary N) is 1. The summed E-state index contributed by atoms with van der Waals surface area (Å²) in [5.74, 6) is -0.476. The van der Waals surface area contributed by atoms with Crippen LogP contribution in [0.4, 0.5) is 17.1 Å². The van der Waals surface area contributed by atoms with Crippen molar-refractivity contribution in [1.82, 2.24) is 0 Å². The molecule has 0 atom stereocenters. The summed E-state index contributed by atoms with van der Waals surface area (Å²) in [6.07, 6.45) is 0. The van der Waals surface area contributed by atoms with Gasteiger partial charge in [0.05, 0.1) is 17.8 Å². The van der Waals surface area contributed by atoms with Gasteiger partial charge in [0, 0.05) is 5.69 Å². The molecule has 1 amide bonds. The van der Waals surface area contributed by atoms with E-state index in [9.17, 15) is 4.79 Å². The quantitative estimate of drug-likeness (QED) is 0.806. The number of nitrogens with two attached hydrogens (primary N) is 1. The lowest BCUT2D eigenvalue weighted by Gasteiger charge is -2.09. The number of amides is 1. The van der Waals surface area contributed by atoms with Crippen LogP contribution in [0.15, 0.2) is 48.5 Å². The van der Waals surface area contributed by atoms with E-state index in [4.69, 9.17) is 12.3 Å². The molecule has 88 valence electrons. The highest BCUT2D eigenvalue weighted by atomic mass is 16.1. The van der Waals surface area contributed by atoms with Gasteiger partial charge >= 0.3 is 0 Å². The van der Waals surface area contributed by atoms with Crippen molar-refractivity contribution in [1.29, 1.82) is 0 Å². The minimum Gasteiger partial charge on any atom is -0.366 e. The predicted molar refractivity (Wildman–Crippen MR) is 70.9 cm³/mol. The van der Waals surface area contributed by atoms with E-state index in [0.29, 0.717) is 16.9 Å². The van der Waals surface area contributed by atoms with E-state index in [-0.39, 0.29) is 0 Å². The largest absolute Gasteiger partial charge is 0.366 e. The Labute approximate surface area is 105 Å². The lowest BCUT2D eigenvalue weighted by Crippen LogP contribution is -2.13. The number of hydrogen-bond donors (Lipinski definition) is 2. The van der Waals surface area contributed by atoms with E-state index >= 15 is 0 Å². The number of para-hydroxylation sites is 1. The molecule has 0 saturated heterocycles. The smallest absolute Gasteiger partial charge is 0.250 e. The molecule has 0 unspecified atom stereocenters. The summed E-state index contributed by atoms with van der Waals surface area (Å²) < 4.78 is 0. The second kappa shape index (κ2) is 5.02. The average Bonchev–Trinajstić information content (AvgIpc) is 2.40. The first-order valence-electron chi connectivity index (χ1n) is 5.34. The molecule has 0 spiro atoms. The highest BCUT2D eigenvalue weighted by molar-refractivity contribution is 5.99. The molecule has 4 nitrogen and oxygen atoms in total. The number of carbonyl (C=O) groups is 1. The van der Waals surface area contributed by atoms with Crippen LogP contribution in [-0.4, -0.2) is 5.91 Å². The second-order valence-electron chi connectivity index (χ2n) is 3.69. The normalized spacial score (nSPS) is 9.50. The molecule has 2 aromatic carbocycles. The molecule has 2 aromatic rings. The van der Waals surface area contributed by atoms with Crippen molar-refractivity contribution < 1.29 is 4.79 Å². The first-order chi connectivity index (χ1) is 8.70. The molecule has 0 heterocycles. The van der Waals surface area contributed by atoms with E-state index in [1.165, 1.54) is 0 Å². The monoisotopic (exact) mass is 237 g/mol. The summed E-state index contributed by atoms with van der Waals surface area (Å²) in [5, 5.41) is 3.10. The Hall–Kier alpha value is -2.80. The summed E-state index contributed by atoms with van der Waals surface area (Å²) >= 11 is 0. The third kappa shape index (κ3) is 2.47. The van der Waals surface area contributed by atoms with Crippen LogP contribution >= 0.6 is 0 Å². The highest BCUT2D eigenvalue weighted by Gasteiger charge is 2.06. The van der Waals surface area contributed by atoms with Gasteiger partial charge < -0.3 is 11.1 Å². The van der Waals surface area contributed by atoms with Gasteiger partial charge in [0.25, 0.3) is 5.91 Å². The number of primary amides is 1. The van der Waals surface area contributed by atoms with Crippen LogP contribution in [0, 0.1) is 6.57 Å². The number of nitrogens with zero attached hydrogens (tertiary/aromatic N) is 1. The lowest BCUT2D eigenvalue weighted by molar-refractivity contribution is 0.100. The molecule has 3 N–H and O–H groups in total. The van der Waals surface area contributed by atoms with Gasteiger partial charge in [-0.15, -0.1) is 0 Å². The van der Waals surface area contributed by atoms with Gasteiger partial charge in [-0.1, -0.05) is 24.3 Å². The van der Waals surface area contributed by atoms with E-state index in [1.54, 1.807) is 42.5 Å². The van der Waals surface area contributed by atoms with Crippen LogP contribution in [0.3, 0.4) is 0 Å². The maximum Gasteiger partial charge on any atom is 0.250 e. The number of hydrogen-bond acceptors (Lipinski definition) is 2. The van der Waals surface area contributed by atoms with Crippen molar-refractivity contribution in [3.8, 4) is 0 Å². The van der Waals surface area contributed by atoms with Crippen molar-refractivity contribution in [2.24, 2.45) is 5.73 Å². The number of benzene rings is 2. The van der Waals surface area contributed by atoms with Crippen LogP contribution in [-0.2, 0) is 0 Å². The molecule has 0 fully saturated rings. The predicted octanol–water partition coefficient (Wildman–Crippen LogP) is 3.08. The highest BCUT2D eigenvalue weighted by Crippen LogP contribution is 2.22. The summed E-state index contributed by atoms with van der Waals surface area (Å²) in [6.45, 7) is 6.87. The Morgan fingerprint density at radius 1 is 1.11 bits per heavy atom. The topological polar surface area (TPSA) is 59.5 Å². The van der Waals surface area contributed by atoms with E-state index in [1.807, 2.05) is 6.07 Å². The standard InChI is InChI=1S/C14H11N3O/c1-16-10-6-8-11(9-7-10)17-13-5-3-2-4-12(13)14(15)18/h2-9,17H,(H2,15,18). The molecule has 2 rings (SSSR count). The molecular weight excluding hydrogens is 226 g/mol. The fraction of sp³-hybridized carbons (Fsp3) is 0. The van der Waals surface area contributed by atoms with Crippen LogP contribution in [0.2, 0.25) is 0 Å². The zero-order chi connectivity index (χ0) is 13.0. The maximum atomic E-state index is 11.3. The molecule has 18 heavy (non-hydrogen) atoms. The summed E-state index contributed by atoms with van der Waals surface area (Å²) in [6, 6.07) is 14.0. The Kier molecular flexibility index (Phi) is 3.26.